The third-order valence-corrected chi connectivity index (χ3v) is 7.74. The molecule has 2 amide bonds. The lowest BCUT2D eigenvalue weighted by molar-refractivity contribution is -0.128. The molecule has 1 unspecified atom stereocenters. The SMILES string of the molecule is C=CC(=O)N1CCN(C(=NC)c2cc(F)c(-c3ccccc3F)nc2N(C=O)C2=C(C(C)C)N(C)CC=C2C)C(C)C1. The predicted molar refractivity (Wildman–Crippen MR) is 162 cm³/mol. The van der Waals surface area contributed by atoms with Crippen molar-refractivity contribution in [2.45, 2.75) is 33.7 Å². The highest BCUT2D eigenvalue weighted by molar-refractivity contribution is 6.06. The Labute approximate surface area is 246 Å². The van der Waals surface area contributed by atoms with E-state index in [-0.39, 0.29) is 40.5 Å². The van der Waals surface area contributed by atoms with Gasteiger partial charge in [-0.15, -0.1) is 0 Å². The largest absolute Gasteiger partial charge is 0.372 e. The van der Waals surface area contributed by atoms with Crippen LogP contribution in [-0.2, 0) is 9.59 Å². The second-order valence-electron chi connectivity index (χ2n) is 10.9. The number of hydrogen-bond donors (Lipinski definition) is 0. The van der Waals surface area contributed by atoms with Crippen LogP contribution in [0.15, 0.2) is 71.0 Å². The van der Waals surface area contributed by atoms with Gasteiger partial charge in [0, 0.05) is 57.6 Å². The summed E-state index contributed by atoms with van der Waals surface area (Å²) in [5.41, 5.74) is 2.49. The van der Waals surface area contributed by atoms with E-state index in [0.717, 1.165) is 11.3 Å². The molecule has 10 heteroatoms. The van der Waals surface area contributed by atoms with Gasteiger partial charge in [0.05, 0.1) is 11.3 Å². The molecule has 42 heavy (non-hydrogen) atoms. The molecule has 8 nitrogen and oxygen atoms in total. The molecule has 0 spiro atoms. The van der Waals surface area contributed by atoms with Crippen molar-refractivity contribution in [3.05, 3.63) is 83.2 Å². The molecule has 1 saturated heterocycles. The normalized spacial score (nSPS) is 17.9. The zero-order valence-corrected chi connectivity index (χ0v) is 25.1. The van der Waals surface area contributed by atoms with Gasteiger partial charge in [0.25, 0.3) is 0 Å². The second kappa shape index (κ2) is 12.7. The van der Waals surface area contributed by atoms with Crippen molar-refractivity contribution in [3.8, 4) is 11.3 Å². The molecule has 1 aromatic carbocycles. The first-order valence-corrected chi connectivity index (χ1v) is 14.0. The Balaban J connectivity index is 1.96. The first-order chi connectivity index (χ1) is 20.0. The van der Waals surface area contributed by atoms with Crippen molar-refractivity contribution in [1.82, 2.24) is 19.7 Å². The van der Waals surface area contributed by atoms with Gasteiger partial charge in [0.2, 0.25) is 12.3 Å². The minimum Gasteiger partial charge on any atom is -0.372 e. The van der Waals surface area contributed by atoms with Crippen molar-refractivity contribution in [3.63, 3.8) is 0 Å². The number of benzene rings is 1. The highest BCUT2D eigenvalue weighted by Crippen LogP contribution is 2.36. The van der Waals surface area contributed by atoms with E-state index < -0.39 is 11.6 Å². The number of likely N-dealkylation sites (N-methyl/N-ethyl adjacent to an activating group) is 1. The van der Waals surface area contributed by atoms with Gasteiger partial charge in [0.1, 0.15) is 23.2 Å². The molecular formula is C32H38F2N6O2. The molecule has 3 heterocycles. The van der Waals surface area contributed by atoms with Crippen LogP contribution in [0.3, 0.4) is 0 Å². The van der Waals surface area contributed by atoms with Crippen molar-refractivity contribution in [1.29, 1.82) is 0 Å². The Morgan fingerprint density at radius 2 is 1.93 bits per heavy atom. The lowest BCUT2D eigenvalue weighted by atomic mass is 9.98. The number of amidine groups is 1. The standard InChI is InChI=1S/C32H38F2N6O2/c1-8-27(42)38-15-16-39(22(5)18-38)31(35-6)24-17-26(34)28(23-11-9-10-12-25(23)33)36-32(24)40(19-41)30-21(4)13-14-37(7)29(30)20(2)3/h8-13,17,19-20,22H,1,14-16,18H2,2-7H3. The van der Waals surface area contributed by atoms with Crippen LogP contribution in [0.2, 0.25) is 0 Å². The van der Waals surface area contributed by atoms with E-state index in [2.05, 4.69) is 21.5 Å². The fourth-order valence-corrected chi connectivity index (χ4v) is 5.76. The van der Waals surface area contributed by atoms with E-state index in [0.29, 0.717) is 44.1 Å². The summed E-state index contributed by atoms with van der Waals surface area (Å²) < 4.78 is 30.8. The van der Waals surface area contributed by atoms with Crippen LogP contribution in [0.25, 0.3) is 11.3 Å². The fourth-order valence-electron chi connectivity index (χ4n) is 5.76. The van der Waals surface area contributed by atoms with Crippen molar-refractivity contribution in [2.75, 3.05) is 45.2 Å². The molecule has 2 aromatic rings. The molecule has 1 aromatic heterocycles. The number of rotatable bonds is 7. The van der Waals surface area contributed by atoms with Crippen LogP contribution in [0.5, 0.6) is 0 Å². The zero-order valence-electron chi connectivity index (χ0n) is 25.1. The number of aliphatic imine (C=N–C) groups is 1. The molecule has 2 aliphatic heterocycles. The Kier molecular flexibility index (Phi) is 9.23. The van der Waals surface area contributed by atoms with Gasteiger partial charge in [0.15, 0.2) is 5.82 Å². The van der Waals surface area contributed by atoms with Crippen LogP contribution in [0.1, 0.15) is 33.3 Å². The zero-order chi connectivity index (χ0) is 30.7. The summed E-state index contributed by atoms with van der Waals surface area (Å²) in [6.45, 7) is 13.5. The number of pyridine rings is 1. The Morgan fingerprint density at radius 3 is 2.52 bits per heavy atom. The molecule has 0 radical (unpaired) electrons. The van der Waals surface area contributed by atoms with Crippen molar-refractivity contribution in [2.24, 2.45) is 10.9 Å². The molecule has 4 rings (SSSR count). The Hall–Kier alpha value is -4.34. The van der Waals surface area contributed by atoms with Gasteiger partial charge in [-0.25, -0.2) is 13.8 Å². The second-order valence-corrected chi connectivity index (χ2v) is 10.9. The summed E-state index contributed by atoms with van der Waals surface area (Å²) in [6, 6.07) is 6.93. The average Bonchev–Trinajstić information content (AvgIpc) is 2.97. The first kappa shape index (κ1) is 30.6. The summed E-state index contributed by atoms with van der Waals surface area (Å²) in [5, 5.41) is 0. The molecule has 1 fully saturated rings. The van der Waals surface area contributed by atoms with Gasteiger partial charge in [-0.1, -0.05) is 38.6 Å². The molecule has 222 valence electrons. The van der Waals surface area contributed by atoms with Gasteiger partial charge >= 0.3 is 0 Å². The van der Waals surface area contributed by atoms with Gasteiger partial charge in [-0.2, -0.15) is 0 Å². The molecule has 2 aliphatic rings. The number of allylic oxidation sites excluding steroid dienone is 2. The summed E-state index contributed by atoms with van der Waals surface area (Å²) >= 11 is 0. The number of nitrogens with zero attached hydrogens (tertiary/aromatic N) is 6. The Bertz CT molecular complexity index is 1480. The summed E-state index contributed by atoms with van der Waals surface area (Å²) in [6.07, 6.45) is 3.97. The molecule has 0 aliphatic carbocycles. The van der Waals surface area contributed by atoms with Crippen LogP contribution < -0.4 is 4.90 Å². The molecule has 1 atom stereocenters. The van der Waals surface area contributed by atoms with E-state index in [1.165, 1.54) is 35.2 Å². The maximum Gasteiger partial charge on any atom is 0.246 e. The quantitative estimate of drug-likeness (QED) is 0.204. The van der Waals surface area contributed by atoms with E-state index in [4.69, 9.17) is 0 Å². The van der Waals surface area contributed by atoms with Crippen LogP contribution >= 0.6 is 0 Å². The van der Waals surface area contributed by atoms with E-state index >= 15 is 4.39 Å². The maximum absolute atomic E-state index is 15.9. The number of piperazine rings is 1. The molecule has 0 saturated carbocycles. The number of carbonyl (C=O) groups excluding carboxylic acids is 2. The smallest absolute Gasteiger partial charge is 0.246 e. The lowest BCUT2D eigenvalue weighted by Crippen LogP contribution is -2.55. The molecule has 0 N–H and O–H groups in total. The van der Waals surface area contributed by atoms with E-state index in [1.54, 1.807) is 18.0 Å². The van der Waals surface area contributed by atoms with Gasteiger partial charge in [-0.05, 0) is 49.6 Å². The average molecular weight is 577 g/mol. The maximum atomic E-state index is 15.9. The lowest BCUT2D eigenvalue weighted by Gasteiger charge is -2.42. The highest BCUT2D eigenvalue weighted by Gasteiger charge is 2.34. The van der Waals surface area contributed by atoms with Crippen molar-refractivity contribution < 1.29 is 18.4 Å². The van der Waals surface area contributed by atoms with Crippen LogP contribution in [0.4, 0.5) is 14.6 Å². The van der Waals surface area contributed by atoms with Crippen molar-refractivity contribution >= 4 is 24.0 Å². The monoisotopic (exact) mass is 576 g/mol. The number of amides is 2. The highest BCUT2D eigenvalue weighted by atomic mass is 19.1. The number of carbonyl (C=O) groups is 2. The van der Waals surface area contributed by atoms with Gasteiger partial charge < -0.3 is 14.7 Å². The minimum atomic E-state index is -0.745. The summed E-state index contributed by atoms with van der Waals surface area (Å²) in [7, 11) is 3.55. The molecular weight excluding hydrogens is 538 g/mol. The van der Waals surface area contributed by atoms with E-state index in [1.807, 2.05) is 45.7 Å². The fraction of sp³-hybridized carbons (Fsp3) is 0.375. The number of anilines is 1. The topological polar surface area (TPSA) is 72.4 Å². The first-order valence-electron chi connectivity index (χ1n) is 14.0. The molecule has 0 bridgehead atoms. The third-order valence-electron chi connectivity index (χ3n) is 7.74. The van der Waals surface area contributed by atoms with Crippen LogP contribution in [0, 0.1) is 17.6 Å². The number of aromatic nitrogens is 1. The summed E-state index contributed by atoms with van der Waals surface area (Å²) in [4.78, 5) is 41.7. The Morgan fingerprint density at radius 1 is 1.21 bits per heavy atom. The predicted octanol–water partition coefficient (Wildman–Crippen LogP) is 4.84. The van der Waals surface area contributed by atoms with Gasteiger partial charge in [-0.3, -0.25) is 19.5 Å². The van der Waals surface area contributed by atoms with E-state index in [9.17, 15) is 14.0 Å². The number of hydrogen-bond acceptors (Lipinski definition) is 5. The van der Waals surface area contributed by atoms with Crippen LogP contribution in [-0.4, -0.2) is 84.2 Å². The number of halogens is 2. The minimum absolute atomic E-state index is 0.0142. The third kappa shape index (κ3) is 5.70. The summed E-state index contributed by atoms with van der Waals surface area (Å²) in [5.74, 6) is -0.928.